The van der Waals surface area contributed by atoms with Crippen molar-refractivity contribution in [3.63, 3.8) is 0 Å². The Morgan fingerprint density at radius 3 is 2.67 bits per heavy atom. The molecule has 0 spiro atoms. The van der Waals surface area contributed by atoms with Crippen molar-refractivity contribution >= 4 is 38.2 Å². The summed E-state index contributed by atoms with van der Waals surface area (Å²) in [7, 11) is -1.65. The van der Waals surface area contributed by atoms with Gasteiger partial charge in [-0.15, -0.1) is 0 Å². The van der Waals surface area contributed by atoms with Gasteiger partial charge in [0.2, 0.25) is 5.95 Å². The lowest BCUT2D eigenvalue weighted by molar-refractivity contribution is 0.602. The van der Waals surface area contributed by atoms with Crippen LogP contribution < -0.4 is 10.6 Å². The van der Waals surface area contributed by atoms with Crippen LogP contribution in [0.15, 0.2) is 47.5 Å². The van der Waals surface area contributed by atoms with E-state index in [9.17, 15) is 12.8 Å². The number of rotatable bonds is 4. The maximum absolute atomic E-state index is 13.9. The fourth-order valence-corrected chi connectivity index (χ4v) is 3.93. The molecule has 0 fully saturated rings. The second-order valence-corrected chi connectivity index (χ2v) is 9.05. The van der Waals surface area contributed by atoms with Crippen molar-refractivity contribution in [1.82, 2.24) is 20.2 Å². The zero-order chi connectivity index (χ0) is 21.6. The summed E-state index contributed by atoms with van der Waals surface area (Å²) in [4.78, 5) is 10.6. The van der Waals surface area contributed by atoms with E-state index in [1.165, 1.54) is 12.3 Å². The summed E-state index contributed by atoms with van der Waals surface area (Å²) < 4.78 is 37.8. The van der Waals surface area contributed by atoms with E-state index >= 15 is 0 Å². The highest BCUT2D eigenvalue weighted by Crippen LogP contribution is 2.32. The molecule has 154 valence electrons. The van der Waals surface area contributed by atoms with Crippen molar-refractivity contribution in [2.24, 2.45) is 0 Å². The van der Waals surface area contributed by atoms with Crippen molar-refractivity contribution in [1.29, 1.82) is 0 Å². The van der Waals surface area contributed by atoms with Crippen molar-refractivity contribution in [2.75, 3.05) is 23.9 Å². The van der Waals surface area contributed by atoms with Gasteiger partial charge in [0.05, 0.1) is 10.5 Å². The first kappa shape index (κ1) is 19.8. The number of hydrogen-bond acceptors (Lipinski definition) is 7. The topological polar surface area (TPSA) is 118 Å². The molecular formula is C20H19FN6O2S. The van der Waals surface area contributed by atoms with Crippen LogP contribution in [0.1, 0.15) is 5.56 Å². The Kier molecular flexibility index (Phi) is 4.65. The quantitative estimate of drug-likeness (QED) is 0.514. The standard InChI is InChI=1S/C20H19FN6O2S/c1-11-7-12(9-13(8-11)30(3,28)29)27(2)20-23-10-15(19(22)24-20)17-14-5-4-6-16(21)18(14)26-25-17/h4-10H,1-3H3,(H,25,26)(H2,22,23,24). The van der Waals surface area contributed by atoms with E-state index in [1.54, 1.807) is 36.2 Å². The molecule has 0 unspecified atom stereocenters. The van der Waals surface area contributed by atoms with E-state index in [2.05, 4.69) is 20.2 Å². The van der Waals surface area contributed by atoms with Crippen LogP contribution in [0.25, 0.3) is 22.2 Å². The molecule has 2 heterocycles. The lowest BCUT2D eigenvalue weighted by atomic mass is 10.1. The minimum Gasteiger partial charge on any atom is -0.383 e. The van der Waals surface area contributed by atoms with Gasteiger partial charge >= 0.3 is 0 Å². The number of nitrogens with zero attached hydrogens (tertiary/aromatic N) is 4. The van der Waals surface area contributed by atoms with E-state index in [4.69, 9.17) is 5.73 Å². The largest absolute Gasteiger partial charge is 0.383 e. The number of benzene rings is 2. The first-order chi connectivity index (χ1) is 14.1. The van der Waals surface area contributed by atoms with E-state index in [0.29, 0.717) is 22.3 Å². The molecule has 30 heavy (non-hydrogen) atoms. The molecule has 0 bridgehead atoms. The minimum atomic E-state index is -3.37. The van der Waals surface area contributed by atoms with Gasteiger partial charge < -0.3 is 10.6 Å². The summed E-state index contributed by atoms with van der Waals surface area (Å²) in [6.45, 7) is 1.81. The van der Waals surface area contributed by atoms with Crippen LogP contribution in [0.3, 0.4) is 0 Å². The lowest BCUT2D eigenvalue weighted by Gasteiger charge is -2.19. The number of nitrogens with two attached hydrogens (primary N) is 1. The molecule has 0 aliphatic heterocycles. The molecule has 0 atom stereocenters. The minimum absolute atomic E-state index is 0.167. The van der Waals surface area contributed by atoms with Gasteiger partial charge in [-0.3, -0.25) is 5.10 Å². The van der Waals surface area contributed by atoms with Crippen LogP contribution in [0.4, 0.5) is 21.8 Å². The number of fused-ring (bicyclic) bond motifs is 1. The number of aromatic amines is 1. The summed E-state index contributed by atoms with van der Waals surface area (Å²) in [5.74, 6) is 0.0380. The van der Waals surface area contributed by atoms with Crippen molar-refractivity contribution in [3.05, 3.63) is 54.0 Å². The Bertz CT molecular complexity index is 1380. The lowest BCUT2D eigenvalue weighted by Crippen LogP contribution is -2.15. The Morgan fingerprint density at radius 2 is 1.97 bits per heavy atom. The second kappa shape index (κ2) is 7.06. The van der Waals surface area contributed by atoms with Crippen LogP contribution in [0.2, 0.25) is 0 Å². The van der Waals surface area contributed by atoms with Crippen LogP contribution in [-0.2, 0) is 9.84 Å². The normalized spacial score (nSPS) is 11.7. The number of para-hydroxylation sites is 1. The van der Waals surface area contributed by atoms with Crippen LogP contribution in [0, 0.1) is 12.7 Å². The molecule has 10 heteroatoms. The number of H-pyrrole nitrogens is 1. The highest BCUT2D eigenvalue weighted by molar-refractivity contribution is 7.90. The number of nitrogen functional groups attached to an aromatic ring is 1. The predicted molar refractivity (Wildman–Crippen MR) is 114 cm³/mol. The molecule has 0 saturated carbocycles. The SMILES string of the molecule is Cc1cc(N(C)c2ncc(-c3n[nH]c4c(F)cccc34)c(N)n2)cc(S(C)(=O)=O)c1. The monoisotopic (exact) mass is 426 g/mol. The number of aromatic nitrogens is 4. The Morgan fingerprint density at radius 1 is 1.20 bits per heavy atom. The summed E-state index contributed by atoms with van der Waals surface area (Å²) in [6, 6.07) is 9.65. The van der Waals surface area contributed by atoms with Crippen molar-refractivity contribution in [2.45, 2.75) is 11.8 Å². The highest BCUT2D eigenvalue weighted by atomic mass is 32.2. The Hall–Kier alpha value is -3.53. The maximum atomic E-state index is 13.9. The molecular weight excluding hydrogens is 407 g/mol. The molecule has 2 aromatic carbocycles. The number of halogens is 1. The number of hydrogen-bond donors (Lipinski definition) is 2. The third kappa shape index (κ3) is 3.45. The maximum Gasteiger partial charge on any atom is 0.231 e. The van der Waals surface area contributed by atoms with Crippen molar-refractivity contribution in [3.8, 4) is 11.3 Å². The molecule has 4 rings (SSSR count). The van der Waals surface area contributed by atoms with Gasteiger partial charge in [-0.05, 0) is 36.8 Å². The van der Waals surface area contributed by atoms with E-state index in [1.807, 2.05) is 13.0 Å². The Balaban J connectivity index is 1.75. The van der Waals surface area contributed by atoms with Crippen LogP contribution in [0.5, 0.6) is 0 Å². The van der Waals surface area contributed by atoms with Gasteiger partial charge in [0.15, 0.2) is 9.84 Å². The van der Waals surface area contributed by atoms with Gasteiger partial charge in [0, 0.05) is 30.6 Å². The van der Waals surface area contributed by atoms with Crippen LogP contribution in [-0.4, -0.2) is 41.9 Å². The smallest absolute Gasteiger partial charge is 0.231 e. The van der Waals surface area contributed by atoms with E-state index in [-0.39, 0.29) is 22.2 Å². The molecule has 8 nitrogen and oxygen atoms in total. The number of sulfone groups is 1. The molecule has 0 radical (unpaired) electrons. The summed E-state index contributed by atoms with van der Waals surface area (Å²) in [6.07, 6.45) is 2.67. The highest BCUT2D eigenvalue weighted by Gasteiger charge is 2.18. The molecule has 2 aromatic heterocycles. The van der Waals surface area contributed by atoms with Gasteiger partial charge in [0.25, 0.3) is 0 Å². The van der Waals surface area contributed by atoms with Gasteiger partial charge in [-0.1, -0.05) is 12.1 Å². The molecule has 4 aromatic rings. The number of nitrogens with one attached hydrogen (secondary N) is 1. The third-order valence-corrected chi connectivity index (χ3v) is 5.85. The Labute approximate surface area is 172 Å². The summed E-state index contributed by atoms with van der Waals surface area (Å²) in [5, 5.41) is 7.41. The zero-order valence-electron chi connectivity index (χ0n) is 16.5. The number of aryl methyl sites for hydroxylation is 1. The number of anilines is 3. The summed E-state index contributed by atoms with van der Waals surface area (Å²) in [5.41, 5.74) is 8.75. The molecule has 0 amide bonds. The fourth-order valence-electron chi connectivity index (χ4n) is 3.19. The first-order valence-electron chi connectivity index (χ1n) is 8.96. The third-order valence-electron chi connectivity index (χ3n) is 4.76. The average Bonchev–Trinajstić information content (AvgIpc) is 3.11. The average molecular weight is 426 g/mol. The molecule has 0 aliphatic rings. The first-order valence-corrected chi connectivity index (χ1v) is 10.9. The van der Waals surface area contributed by atoms with Gasteiger partial charge in [-0.25, -0.2) is 17.8 Å². The molecule has 0 saturated heterocycles. The fraction of sp³-hybridized carbons (Fsp3) is 0.150. The van der Waals surface area contributed by atoms with Crippen LogP contribution >= 0.6 is 0 Å². The predicted octanol–water partition coefficient (Wildman–Crippen LogP) is 3.22. The second-order valence-electron chi connectivity index (χ2n) is 7.04. The van der Waals surface area contributed by atoms with E-state index in [0.717, 1.165) is 11.8 Å². The van der Waals surface area contributed by atoms with E-state index < -0.39 is 15.7 Å². The summed E-state index contributed by atoms with van der Waals surface area (Å²) >= 11 is 0. The molecule has 3 N–H and O–H groups in total. The molecule has 0 aliphatic carbocycles. The van der Waals surface area contributed by atoms with Gasteiger partial charge in [-0.2, -0.15) is 10.1 Å². The van der Waals surface area contributed by atoms with Crippen molar-refractivity contribution < 1.29 is 12.8 Å². The van der Waals surface area contributed by atoms with Gasteiger partial charge in [0.1, 0.15) is 22.8 Å². The zero-order valence-corrected chi connectivity index (χ0v) is 17.3.